The number of unbranched alkanes of at least 4 members (excludes halogenated alkanes) is 34. The van der Waals surface area contributed by atoms with E-state index in [2.05, 4.69) is 106 Å². The van der Waals surface area contributed by atoms with E-state index in [1.165, 1.54) is 173 Å². The SMILES string of the molecule is CC/C=C\C/C=C\C/C=C\C/C=C\CCCCC(=O)OC(COC(=O)CCCCC/C=C\C/C=C\C/C=C\CC)COC(=O)CCCCCCCCCCCCCCCCCCCCCCCCCCCCCCCC. The Balaban J connectivity index is 4.19. The minimum Gasteiger partial charge on any atom is -0.462 e. The topological polar surface area (TPSA) is 78.9 Å². The second-order valence-corrected chi connectivity index (χ2v) is 21.6. The summed E-state index contributed by atoms with van der Waals surface area (Å²) in [6.07, 6.45) is 84.9. The van der Waals surface area contributed by atoms with E-state index in [-0.39, 0.29) is 37.5 Å². The largest absolute Gasteiger partial charge is 0.462 e. The smallest absolute Gasteiger partial charge is 0.306 e. The molecule has 0 aromatic carbocycles. The quantitative estimate of drug-likeness (QED) is 0.0261. The molecule has 0 saturated heterocycles. The minimum absolute atomic E-state index is 0.101. The van der Waals surface area contributed by atoms with Gasteiger partial charge in [0.2, 0.25) is 0 Å². The van der Waals surface area contributed by atoms with Crippen molar-refractivity contribution in [2.45, 2.75) is 329 Å². The van der Waals surface area contributed by atoms with E-state index in [1.54, 1.807) is 0 Å². The van der Waals surface area contributed by atoms with Crippen LogP contribution in [-0.4, -0.2) is 37.2 Å². The number of hydrogen-bond donors (Lipinski definition) is 0. The molecule has 6 heteroatoms. The summed E-state index contributed by atoms with van der Waals surface area (Å²) in [7, 11) is 0. The number of allylic oxidation sites excluding steroid dienone is 14. The Kier molecular flexibility index (Phi) is 61.2. The molecule has 0 saturated carbocycles. The third-order valence-corrected chi connectivity index (χ3v) is 14.1. The highest BCUT2D eigenvalue weighted by Crippen LogP contribution is 2.18. The standard InChI is InChI=1S/C70H122O6/c1-4-7-10-13-16-19-22-25-27-28-29-30-31-32-33-34-35-36-37-38-39-40-41-43-45-48-51-54-57-60-63-69(72)75-66-67(65-74-68(71)62-59-56-53-50-47-44-24-21-18-15-12-9-6-3)76-70(73)64-61-58-55-52-49-46-42-26-23-20-17-14-11-8-5-2/h8-9,11-12,17-18,20-21,26,42,44,47,49,52,67H,4-7,10,13-16,19,22-25,27-41,43,45-46,48,50-51,53-66H2,1-3H3/b11-8-,12-9-,20-17-,21-18-,42-26-,47-44-,52-49-. The van der Waals surface area contributed by atoms with E-state index in [4.69, 9.17) is 14.2 Å². The average molecular weight is 1060 g/mol. The van der Waals surface area contributed by atoms with Crippen molar-refractivity contribution < 1.29 is 28.6 Å². The van der Waals surface area contributed by atoms with Gasteiger partial charge in [0.1, 0.15) is 13.2 Å². The predicted molar refractivity (Wildman–Crippen MR) is 330 cm³/mol. The average Bonchev–Trinajstić information content (AvgIpc) is 3.42. The molecule has 0 rings (SSSR count). The highest BCUT2D eigenvalue weighted by atomic mass is 16.6. The van der Waals surface area contributed by atoms with Gasteiger partial charge in [0.25, 0.3) is 0 Å². The molecule has 0 heterocycles. The van der Waals surface area contributed by atoms with E-state index in [9.17, 15) is 14.4 Å². The first-order valence-electron chi connectivity index (χ1n) is 32.6. The maximum absolute atomic E-state index is 12.8. The van der Waals surface area contributed by atoms with Gasteiger partial charge in [0, 0.05) is 19.3 Å². The van der Waals surface area contributed by atoms with Crippen LogP contribution in [0.2, 0.25) is 0 Å². The van der Waals surface area contributed by atoms with Gasteiger partial charge in [-0.1, -0.05) is 298 Å². The van der Waals surface area contributed by atoms with Crippen LogP contribution in [0, 0.1) is 0 Å². The number of esters is 3. The van der Waals surface area contributed by atoms with Crippen LogP contribution in [0.25, 0.3) is 0 Å². The zero-order valence-corrected chi connectivity index (χ0v) is 50.3. The number of hydrogen-bond acceptors (Lipinski definition) is 6. The molecule has 6 nitrogen and oxygen atoms in total. The van der Waals surface area contributed by atoms with Gasteiger partial charge in [0.05, 0.1) is 0 Å². The molecule has 0 aromatic heterocycles. The van der Waals surface area contributed by atoms with Crippen molar-refractivity contribution in [3.05, 3.63) is 85.1 Å². The van der Waals surface area contributed by atoms with Crippen molar-refractivity contribution in [2.75, 3.05) is 13.2 Å². The molecule has 0 N–H and O–H groups in total. The maximum Gasteiger partial charge on any atom is 0.306 e. The third-order valence-electron chi connectivity index (χ3n) is 14.1. The van der Waals surface area contributed by atoms with Gasteiger partial charge in [0.15, 0.2) is 6.10 Å². The maximum atomic E-state index is 12.8. The fourth-order valence-corrected chi connectivity index (χ4v) is 9.33. The van der Waals surface area contributed by atoms with Gasteiger partial charge in [-0.25, -0.2) is 0 Å². The first kappa shape index (κ1) is 72.6. The van der Waals surface area contributed by atoms with Crippen LogP contribution in [0.1, 0.15) is 323 Å². The molecule has 0 spiro atoms. The molecular weight excluding hydrogens is 937 g/mol. The molecule has 0 amide bonds. The lowest BCUT2D eigenvalue weighted by atomic mass is 10.0. The van der Waals surface area contributed by atoms with Crippen LogP contribution >= 0.6 is 0 Å². The Morgan fingerprint density at radius 2 is 0.513 bits per heavy atom. The molecular formula is C70H122O6. The van der Waals surface area contributed by atoms with Crippen LogP contribution < -0.4 is 0 Å². The lowest BCUT2D eigenvalue weighted by Gasteiger charge is -2.18. The van der Waals surface area contributed by atoms with E-state index >= 15 is 0 Å². The monoisotopic (exact) mass is 1060 g/mol. The number of carbonyl (C=O) groups excluding carboxylic acids is 3. The molecule has 0 bridgehead atoms. The number of rotatable bonds is 59. The van der Waals surface area contributed by atoms with Crippen LogP contribution in [0.15, 0.2) is 85.1 Å². The predicted octanol–water partition coefficient (Wildman–Crippen LogP) is 22.3. The van der Waals surface area contributed by atoms with Gasteiger partial charge in [-0.3, -0.25) is 14.4 Å². The summed E-state index contributed by atoms with van der Waals surface area (Å²) >= 11 is 0. The number of carbonyl (C=O) groups is 3. The Labute approximate surface area is 471 Å². The van der Waals surface area contributed by atoms with Gasteiger partial charge >= 0.3 is 17.9 Å². The van der Waals surface area contributed by atoms with Crippen molar-refractivity contribution in [3.8, 4) is 0 Å². The van der Waals surface area contributed by atoms with Crippen LogP contribution in [0.3, 0.4) is 0 Å². The molecule has 1 atom stereocenters. The normalized spacial score (nSPS) is 12.6. The summed E-state index contributed by atoms with van der Waals surface area (Å²) in [5.74, 6) is -0.964. The first-order chi connectivity index (χ1) is 37.5. The number of ether oxygens (including phenoxy) is 3. The fraction of sp³-hybridized carbons (Fsp3) is 0.757. The minimum atomic E-state index is -0.810. The second kappa shape index (κ2) is 64.1. The van der Waals surface area contributed by atoms with Crippen LogP contribution in [0.5, 0.6) is 0 Å². The Hall–Kier alpha value is -3.41. The first-order valence-corrected chi connectivity index (χ1v) is 32.6. The van der Waals surface area contributed by atoms with Crippen molar-refractivity contribution in [2.24, 2.45) is 0 Å². The summed E-state index contributed by atoms with van der Waals surface area (Å²) in [4.78, 5) is 38.2. The Morgan fingerprint density at radius 1 is 0.276 bits per heavy atom. The van der Waals surface area contributed by atoms with Crippen LogP contribution in [0.4, 0.5) is 0 Å². The summed E-state index contributed by atoms with van der Waals surface area (Å²) in [5, 5.41) is 0. The van der Waals surface area contributed by atoms with Crippen molar-refractivity contribution in [3.63, 3.8) is 0 Å². The Bertz CT molecular complexity index is 1450. The van der Waals surface area contributed by atoms with E-state index < -0.39 is 6.10 Å². The summed E-state index contributed by atoms with van der Waals surface area (Å²) in [6, 6.07) is 0. The molecule has 0 aliphatic heterocycles. The zero-order chi connectivity index (χ0) is 55.0. The highest BCUT2D eigenvalue weighted by Gasteiger charge is 2.19. The third kappa shape index (κ3) is 61.4. The van der Waals surface area contributed by atoms with Crippen LogP contribution in [-0.2, 0) is 28.6 Å². The molecule has 438 valence electrons. The molecule has 0 aliphatic carbocycles. The highest BCUT2D eigenvalue weighted by molar-refractivity contribution is 5.71. The van der Waals surface area contributed by atoms with Gasteiger partial charge in [-0.05, 0) is 89.9 Å². The lowest BCUT2D eigenvalue weighted by Crippen LogP contribution is -2.30. The Morgan fingerprint density at radius 3 is 0.829 bits per heavy atom. The molecule has 0 aliphatic rings. The molecule has 0 aromatic rings. The van der Waals surface area contributed by atoms with Crippen molar-refractivity contribution in [1.29, 1.82) is 0 Å². The van der Waals surface area contributed by atoms with Crippen molar-refractivity contribution >= 4 is 17.9 Å². The summed E-state index contributed by atoms with van der Waals surface area (Å²) < 4.78 is 16.8. The van der Waals surface area contributed by atoms with E-state index in [0.29, 0.717) is 19.3 Å². The van der Waals surface area contributed by atoms with Gasteiger partial charge in [-0.2, -0.15) is 0 Å². The molecule has 0 radical (unpaired) electrons. The lowest BCUT2D eigenvalue weighted by molar-refractivity contribution is -0.167. The van der Waals surface area contributed by atoms with Crippen molar-refractivity contribution in [1.82, 2.24) is 0 Å². The summed E-state index contributed by atoms with van der Waals surface area (Å²) in [6.45, 7) is 6.38. The van der Waals surface area contributed by atoms with Gasteiger partial charge < -0.3 is 14.2 Å². The molecule has 76 heavy (non-hydrogen) atoms. The summed E-state index contributed by atoms with van der Waals surface area (Å²) in [5.41, 5.74) is 0. The van der Waals surface area contributed by atoms with E-state index in [1.807, 2.05) is 0 Å². The van der Waals surface area contributed by atoms with E-state index in [0.717, 1.165) is 103 Å². The molecule has 1 unspecified atom stereocenters. The second-order valence-electron chi connectivity index (χ2n) is 21.6. The fourth-order valence-electron chi connectivity index (χ4n) is 9.33. The molecule has 0 fully saturated rings. The zero-order valence-electron chi connectivity index (χ0n) is 50.3. The van der Waals surface area contributed by atoms with Gasteiger partial charge in [-0.15, -0.1) is 0 Å².